The molecule has 0 bridgehead atoms. The van der Waals surface area contributed by atoms with Gasteiger partial charge in [-0.1, -0.05) is 19.4 Å². The van der Waals surface area contributed by atoms with Gasteiger partial charge in [0.25, 0.3) is 0 Å². The molecule has 1 N–H and O–H groups in total. The van der Waals surface area contributed by atoms with Crippen LogP contribution < -0.4 is 10.1 Å². The summed E-state index contributed by atoms with van der Waals surface area (Å²) in [5, 5.41) is 3.69. The molecule has 0 unspecified atom stereocenters. The molecule has 3 aromatic heterocycles. The van der Waals surface area contributed by atoms with Crippen molar-refractivity contribution in [2.45, 2.75) is 31.5 Å². The first-order valence-electron chi connectivity index (χ1n) is 7.61. The summed E-state index contributed by atoms with van der Waals surface area (Å²) in [5.74, 6) is 1.28. The zero-order valence-corrected chi connectivity index (χ0v) is 13.8. The number of aromatic nitrogens is 4. The average molecular weight is 329 g/mol. The fourth-order valence-electron chi connectivity index (χ4n) is 2.19. The molecule has 0 aromatic carbocycles. The summed E-state index contributed by atoms with van der Waals surface area (Å²) in [4.78, 5) is 12.9. The molecule has 0 aliphatic carbocycles. The van der Waals surface area contributed by atoms with Crippen LogP contribution in [0.1, 0.15) is 25.5 Å². The van der Waals surface area contributed by atoms with Gasteiger partial charge in [-0.2, -0.15) is 0 Å². The van der Waals surface area contributed by atoms with E-state index in [1.54, 1.807) is 6.20 Å². The highest BCUT2D eigenvalue weighted by Crippen LogP contribution is 2.23. The van der Waals surface area contributed by atoms with Gasteiger partial charge in [0, 0.05) is 18.9 Å². The molecular formula is C16H19N5OS. The number of hydrogen-bond acceptors (Lipinski definition) is 6. The van der Waals surface area contributed by atoms with E-state index in [-0.39, 0.29) is 0 Å². The SMILES string of the molecule is CCCCNc1nc(S)ncc1OCc1cn2ccccc2n1. The number of ether oxygens (including phenoxy) is 1. The van der Waals surface area contributed by atoms with E-state index in [1.807, 2.05) is 35.0 Å². The summed E-state index contributed by atoms with van der Waals surface area (Å²) in [6.45, 7) is 3.34. The number of nitrogens with zero attached hydrogens (tertiary/aromatic N) is 4. The van der Waals surface area contributed by atoms with E-state index < -0.39 is 0 Å². The molecule has 3 aromatic rings. The number of fused-ring (bicyclic) bond motifs is 1. The number of thiol groups is 1. The van der Waals surface area contributed by atoms with Crippen molar-refractivity contribution >= 4 is 24.1 Å². The molecule has 0 spiro atoms. The lowest BCUT2D eigenvalue weighted by Gasteiger charge is -2.11. The zero-order chi connectivity index (χ0) is 16.1. The monoisotopic (exact) mass is 329 g/mol. The predicted octanol–water partition coefficient (Wildman–Crippen LogP) is 3.20. The standard InChI is InChI=1S/C16H19N5OS/c1-2-3-7-17-15-13(9-18-16(23)20-15)22-11-12-10-21-8-5-4-6-14(21)19-12/h4-6,8-10H,2-3,7,11H2,1H3,(H2,17,18,20,23). The third kappa shape index (κ3) is 3.92. The van der Waals surface area contributed by atoms with Crippen LogP contribution >= 0.6 is 12.6 Å². The lowest BCUT2D eigenvalue weighted by molar-refractivity contribution is 0.300. The van der Waals surface area contributed by atoms with Crippen LogP contribution in [-0.2, 0) is 6.61 Å². The first-order chi connectivity index (χ1) is 11.3. The summed E-state index contributed by atoms with van der Waals surface area (Å²) in [5.41, 5.74) is 1.75. The minimum Gasteiger partial charge on any atom is -0.482 e. The number of anilines is 1. The summed E-state index contributed by atoms with van der Waals surface area (Å²) in [6, 6.07) is 5.89. The maximum absolute atomic E-state index is 5.84. The molecule has 120 valence electrons. The van der Waals surface area contributed by atoms with E-state index >= 15 is 0 Å². The molecule has 3 heterocycles. The summed E-state index contributed by atoms with van der Waals surface area (Å²) < 4.78 is 7.81. The van der Waals surface area contributed by atoms with Crippen LogP contribution in [0.25, 0.3) is 5.65 Å². The molecule has 0 saturated carbocycles. The van der Waals surface area contributed by atoms with Crippen LogP contribution in [0.4, 0.5) is 5.82 Å². The van der Waals surface area contributed by atoms with E-state index in [1.165, 1.54) is 0 Å². The van der Waals surface area contributed by atoms with Gasteiger partial charge in [0.15, 0.2) is 16.7 Å². The first-order valence-corrected chi connectivity index (χ1v) is 8.06. The third-order valence-electron chi connectivity index (χ3n) is 3.35. The van der Waals surface area contributed by atoms with E-state index in [9.17, 15) is 0 Å². The van der Waals surface area contributed by atoms with Gasteiger partial charge in [-0.25, -0.2) is 15.0 Å². The van der Waals surface area contributed by atoms with E-state index in [0.717, 1.165) is 30.7 Å². The Kier molecular flexibility index (Phi) is 4.97. The van der Waals surface area contributed by atoms with Crippen molar-refractivity contribution in [3.63, 3.8) is 0 Å². The minimum absolute atomic E-state index is 0.361. The van der Waals surface area contributed by atoms with Crippen molar-refractivity contribution in [1.29, 1.82) is 0 Å². The van der Waals surface area contributed by atoms with Crippen molar-refractivity contribution < 1.29 is 4.74 Å². The Morgan fingerprint density at radius 1 is 1.30 bits per heavy atom. The quantitative estimate of drug-likeness (QED) is 0.396. The zero-order valence-electron chi connectivity index (χ0n) is 12.9. The number of unbranched alkanes of at least 4 members (excludes halogenated alkanes) is 1. The molecular weight excluding hydrogens is 310 g/mol. The fourth-order valence-corrected chi connectivity index (χ4v) is 2.34. The molecule has 3 rings (SSSR count). The molecule has 0 atom stereocenters. The number of nitrogens with one attached hydrogen (secondary N) is 1. The minimum atomic E-state index is 0.361. The molecule has 0 fully saturated rings. The van der Waals surface area contributed by atoms with Crippen LogP contribution in [-0.4, -0.2) is 25.9 Å². The molecule has 0 aliphatic heterocycles. The first kappa shape index (κ1) is 15.6. The van der Waals surface area contributed by atoms with E-state index in [4.69, 9.17) is 4.74 Å². The summed E-state index contributed by atoms with van der Waals surface area (Å²) in [7, 11) is 0. The highest BCUT2D eigenvalue weighted by atomic mass is 32.1. The Balaban J connectivity index is 1.71. The highest BCUT2D eigenvalue weighted by Gasteiger charge is 2.09. The second-order valence-corrected chi connectivity index (χ2v) is 5.55. The Bertz CT molecular complexity index is 756. The van der Waals surface area contributed by atoms with Gasteiger partial charge in [-0.05, 0) is 18.6 Å². The van der Waals surface area contributed by atoms with E-state index in [0.29, 0.717) is 23.3 Å². The molecule has 0 amide bonds. The second kappa shape index (κ2) is 7.32. The normalized spacial score (nSPS) is 10.9. The van der Waals surface area contributed by atoms with Crippen LogP contribution in [0.15, 0.2) is 41.9 Å². The van der Waals surface area contributed by atoms with Gasteiger partial charge in [-0.15, -0.1) is 12.6 Å². The van der Waals surface area contributed by atoms with Gasteiger partial charge < -0.3 is 14.5 Å². The van der Waals surface area contributed by atoms with Crippen molar-refractivity contribution in [3.8, 4) is 5.75 Å². The van der Waals surface area contributed by atoms with Crippen molar-refractivity contribution in [3.05, 3.63) is 42.5 Å². The van der Waals surface area contributed by atoms with Crippen LogP contribution in [0.3, 0.4) is 0 Å². The van der Waals surface area contributed by atoms with Gasteiger partial charge in [-0.3, -0.25) is 0 Å². The maximum atomic E-state index is 5.84. The molecule has 0 aliphatic rings. The highest BCUT2D eigenvalue weighted by molar-refractivity contribution is 7.80. The number of imidazole rings is 1. The summed E-state index contributed by atoms with van der Waals surface area (Å²) >= 11 is 4.18. The van der Waals surface area contributed by atoms with E-state index in [2.05, 4.69) is 39.8 Å². The number of hydrogen-bond donors (Lipinski definition) is 2. The van der Waals surface area contributed by atoms with Gasteiger partial charge in [0.05, 0.1) is 11.9 Å². The topological polar surface area (TPSA) is 64.3 Å². The second-order valence-electron chi connectivity index (χ2n) is 5.15. The smallest absolute Gasteiger partial charge is 0.186 e. The van der Waals surface area contributed by atoms with Crippen molar-refractivity contribution in [1.82, 2.24) is 19.4 Å². The Morgan fingerprint density at radius 3 is 3.04 bits per heavy atom. The fraction of sp³-hybridized carbons (Fsp3) is 0.312. The maximum Gasteiger partial charge on any atom is 0.186 e. The van der Waals surface area contributed by atoms with Crippen molar-refractivity contribution in [2.24, 2.45) is 0 Å². The molecule has 0 radical (unpaired) electrons. The van der Waals surface area contributed by atoms with Gasteiger partial charge in [0.1, 0.15) is 12.3 Å². The van der Waals surface area contributed by atoms with Crippen LogP contribution in [0, 0.1) is 0 Å². The molecule has 7 heteroatoms. The Morgan fingerprint density at radius 2 is 2.22 bits per heavy atom. The van der Waals surface area contributed by atoms with Crippen LogP contribution in [0.2, 0.25) is 0 Å². The largest absolute Gasteiger partial charge is 0.482 e. The number of rotatable bonds is 7. The summed E-state index contributed by atoms with van der Waals surface area (Å²) in [6.07, 6.45) is 7.73. The average Bonchev–Trinajstić information content (AvgIpc) is 2.97. The Labute approximate surface area is 140 Å². The molecule has 6 nitrogen and oxygen atoms in total. The third-order valence-corrected chi connectivity index (χ3v) is 3.57. The number of pyridine rings is 1. The predicted molar refractivity (Wildman–Crippen MR) is 92.2 cm³/mol. The Hall–Kier alpha value is -2.28. The van der Waals surface area contributed by atoms with Crippen molar-refractivity contribution in [2.75, 3.05) is 11.9 Å². The molecule has 23 heavy (non-hydrogen) atoms. The van der Waals surface area contributed by atoms with Gasteiger partial charge in [0.2, 0.25) is 0 Å². The lowest BCUT2D eigenvalue weighted by atomic mass is 10.3. The lowest BCUT2D eigenvalue weighted by Crippen LogP contribution is -2.07. The van der Waals surface area contributed by atoms with Gasteiger partial charge >= 0.3 is 0 Å². The van der Waals surface area contributed by atoms with Crippen LogP contribution in [0.5, 0.6) is 5.75 Å². The molecule has 0 saturated heterocycles.